The van der Waals surface area contributed by atoms with Gasteiger partial charge < -0.3 is 11.1 Å². The predicted molar refractivity (Wildman–Crippen MR) is 65.8 cm³/mol. The normalized spacial score (nSPS) is 11.6. The van der Waals surface area contributed by atoms with Crippen molar-refractivity contribution in [2.75, 3.05) is 5.32 Å². The van der Waals surface area contributed by atoms with Gasteiger partial charge in [-0.1, -0.05) is 22.9 Å². The molecule has 0 saturated carbocycles. The Labute approximate surface area is 103 Å². The van der Waals surface area contributed by atoms with Gasteiger partial charge in [0.2, 0.25) is 5.91 Å². The summed E-state index contributed by atoms with van der Waals surface area (Å²) in [5.74, 6) is -0.277. The van der Waals surface area contributed by atoms with Crippen molar-refractivity contribution in [1.29, 1.82) is 5.26 Å². The van der Waals surface area contributed by atoms with Crippen LogP contribution in [0.15, 0.2) is 22.7 Å². The molecule has 1 aromatic carbocycles. The molecular weight excluding hydrogens is 270 g/mol. The van der Waals surface area contributed by atoms with Crippen molar-refractivity contribution >= 4 is 27.5 Å². The van der Waals surface area contributed by atoms with E-state index in [0.717, 1.165) is 4.47 Å². The van der Waals surface area contributed by atoms with E-state index in [1.807, 2.05) is 13.0 Å². The van der Waals surface area contributed by atoms with Gasteiger partial charge in [-0.15, -0.1) is 0 Å². The smallest absolute Gasteiger partial charge is 0.241 e. The fourth-order valence-corrected chi connectivity index (χ4v) is 1.49. The highest BCUT2D eigenvalue weighted by Crippen LogP contribution is 2.20. The fourth-order valence-electron chi connectivity index (χ4n) is 1.13. The van der Waals surface area contributed by atoms with Gasteiger partial charge in [0.25, 0.3) is 0 Å². The quantitative estimate of drug-likeness (QED) is 0.889. The lowest BCUT2D eigenvalue weighted by molar-refractivity contribution is -0.117. The predicted octanol–water partition coefficient (Wildman–Crippen LogP) is 2.00. The maximum absolute atomic E-state index is 11.5. The summed E-state index contributed by atoms with van der Waals surface area (Å²) in [6.45, 7) is 1.83. The number of nitrogens with zero attached hydrogens (tertiary/aromatic N) is 1. The third-order valence-electron chi connectivity index (χ3n) is 2.14. The molecule has 0 radical (unpaired) electrons. The van der Waals surface area contributed by atoms with E-state index in [4.69, 9.17) is 11.0 Å². The topological polar surface area (TPSA) is 78.9 Å². The largest absolute Gasteiger partial charge is 0.324 e. The Kier molecular flexibility index (Phi) is 4.47. The van der Waals surface area contributed by atoms with Gasteiger partial charge in [-0.3, -0.25) is 4.79 Å². The van der Waals surface area contributed by atoms with E-state index in [2.05, 4.69) is 21.2 Å². The molecule has 0 fully saturated rings. The summed E-state index contributed by atoms with van der Waals surface area (Å²) >= 11 is 3.26. The number of rotatable bonds is 3. The zero-order chi connectivity index (χ0) is 12.1. The number of hydrogen-bond donors (Lipinski definition) is 2. The van der Waals surface area contributed by atoms with Crippen molar-refractivity contribution in [1.82, 2.24) is 0 Å². The second-order valence-electron chi connectivity index (χ2n) is 3.31. The number of carbonyl (C=O) groups excluding carboxylic acids is 1. The Morgan fingerprint density at radius 3 is 2.94 bits per heavy atom. The van der Waals surface area contributed by atoms with E-state index < -0.39 is 6.04 Å². The Bertz CT molecular complexity index is 439. The highest BCUT2D eigenvalue weighted by atomic mass is 79.9. The molecule has 0 aromatic heterocycles. The maximum Gasteiger partial charge on any atom is 0.241 e. The van der Waals surface area contributed by atoms with E-state index in [9.17, 15) is 4.79 Å². The molecular formula is C11H12BrN3O. The highest BCUT2D eigenvalue weighted by Gasteiger charge is 2.12. The van der Waals surface area contributed by atoms with Crippen LogP contribution in [0.1, 0.15) is 18.9 Å². The van der Waals surface area contributed by atoms with Crippen molar-refractivity contribution in [3.8, 4) is 6.07 Å². The molecule has 16 heavy (non-hydrogen) atoms. The summed E-state index contributed by atoms with van der Waals surface area (Å²) in [5, 5.41) is 11.5. The number of nitrogens with two attached hydrogens (primary N) is 1. The van der Waals surface area contributed by atoms with Crippen LogP contribution in [-0.4, -0.2) is 11.9 Å². The molecule has 0 heterocycles. The summed E-state index contributed by atoms with van der Waals surface area (Å²) in [7, 11) is 0. The first-order chi connectivity index (χ1) is 7.58. The fraction of sp³-hybridized carbons (Fsp3) is 0.273. The van der Waals surface area contributed by atoms with Crippen LogP contribution in [0.5, 0.6) is 0 Å². The average Bonchev–Trinajstić information content (AvgIpc) is 2.30. The molecule has 0 bridgehead atoms. The number of hydrogen-bond acceptors (Lipinski definition) is 3. The summed E-state index contributed by atoms with van der Waals surface area (Å²) in [6.07, 6.45) is 0.560. The van der Waals surface area contributed by atoms with Crippen molar-refractivity contribution in [3.05, 3.63) is 28.2 Å². The SMILES string of the molecule is CC[C@H](N)C(=O)Nc1ccc(Br)cc1C#N. The zero-order valence-electron chi connectivity index (χ0n) is 8.83. The third-order valence-corrected chi connectivity index (χ3v) is 2.63. The van der Waals surface area contributed by atoms with E-state index >= 15 is 0 Å². The van der Waals surface area contributed by atoms with Crippen LogP contribution in [-0.2, 0) is 4.79 Å². The minimum absolute atomic E-state index is 0.277. The zero-order valence-corrected chi connectivity index (χ0v) is 10.4. The molecule has 0 unspecified atom stereocenters. The third kappa shape index (κ3) is 3.05. The number of nitrogens with one attached hydrogen (secondary N) is 1. The van der Waals surface area contributed by atoms with Crippen LogP contribution in [0.25, 0.3) is 0 Å². The number of anilines is 1. The van der Waals surface area contributed by atoms with Crippen LogP contribution in [0.2, 0.25) is 0 Å². The Hall–Kier alpha value is -1.38. The molecule has 1 atom stereocenters. The van der Waals surface area contributed by atoms with Crippen molar-refractivity contribution in [2.24, 2.45) is 5.73 Å². The Morgan fingerprint density at radius 2 is 2.38 bits per heavy atom. The Morgan fingerprint density at radius 1 is 1.69 bits per heavy atom. The van der Waals surface area contributed by atoms with E-state index in [-0.39, 0.29) is 5.91 Å². The van der Waals surface area contributed by atoms with Crippen LogP contribution in [0.3, 0.4) is 0 Å². The van der Waals surface area contributed by atoms with Gasteiger partial charge >= 0.3 is 0 Å². The minimum atomic E-state index is -0.546. The van der Waals surface area contributed by atoms with Gasteiger partial charge in [0.05, 0.1) is 17.3 Å². The van der Waals surface area contributed by atoms with Gasteiger partial charge in [-0.2, -0.15) is 5.26 Å². The summed E-state index contributed by atoms with van der Waals surface area (Å²) < 4.78 is 0.793. The number of nitriles is 1. The molecule has 0 spiro atoms. The van der Waals surface area contributed by atoms with E-state index in [1.54, 1.807) is 18.2 Å². The van der Waals surface area contributed by atoms with Crippen LogP contribution in [0.4, 0.5) is 5.69 Å². The molecule has 0 aliphatic carbocycles. The molecule has 0 saturated heterocycles. The van der Waals surface area contributed by atoms with Crippen LogP contribution in [0, 0.1) is 11.3 Å². The lowest BCUT2D eigenvalue weighted by Gasteiger charge is -2.11. The first kappa shape index (κ1) is 12.7. The standard InChI is InChI=1S/C11H12BrN3O/c1-2-9(14)11(16)15-10-4-3-8(12)5-7(10)6-13/h3-5,9H,2,14H2,1H3,(H,15,16)/t9-/m0/s1. The molecule has 0 aliphatic rings. The number of amides is 1. The van der Waals surface area contributed by atoms with Gasteiger partial charge in [0.15, 0.2) is 0 Å². The first-order valence-corrected chi connectivity index (χ1v) is 5.64. The highest BCUT2D eigenvalue weighted by molar-refractivity contribution is 9.10. The van der Waals surface area contributed by atoms with Gasteiger partial charge in [-0.05, 0) is 24.6 Å². The maximum atomic E-state index is 11.5. The van der Waals surface area contributed by atoms with Gasteiger partial charge in [-0.25, -0.2) is 0 Å². The average molecular weight is 282 g/mol. The van der Waals surface area contributed by atoms with E-state index in [1.165, 1.54) is 0 Å². The second-order valence-corrected chi connectivity index (χ2v) is 4.22. The molecule has 3 N–H and O–H groups in total. The lowest BCUT2D eigenvalue weighted by Crippen LogP contribution is -2.35. The van der Waals surface area contributed by atoms with Crippen molar-refractivity contribution in [2.45, 2.75) is 19.4 Å². The summed E-state index contributed by atoms with van der Waals surface area (Å²) in [5.41, 5.74) is 6.48. The Balaban J connectivity index is 2.90. The van der Waals surface area contributed by atoms with Crippen LogP contribution >= 0.6 is 15.9 Å². The van der Waals surface area contributed by atoms with Gasteiger partial charge in [0.1, 0.15) is 6.07 Å². The first-order valence-electron chi connectivity index (χ1n) is 4.84. The van der Waals surface area contributed by atoms with Crippen LogP contribution < -0.4 is 11.1 Å². The lowest BCUT2D eigenvalue weighted by atomic mass is 10.1. The van der Waals surface area contributed by atoms with Crippen molar-refractivity contribution < 1.29 is 4.79 Å². The minimum Gasteiger partial charge on any atom is -0.324 e. The molecule has 4 nitrogen and oxygen atoms in total. The molecule has 0 aliphatic heterocycles. The monoisotopic (exact) mass is 281 g/mol. The summed E-state index contributed by atoms with van der Waals surface area (Å²) in [4.78, 5) is 11.5. The number of benzene rings is 1. The molecule has 1 rings (SSSR count). The van der Waals surface area contributed by atoms with Crippen molar-refractivity contribution in [3.63, 3.8) is 0 Å². The molecule has 5 heteroatoms. The summed E-state index contributed by atoms with van der Waals surface area (Å²) in [6, 6.07) is 6.54. The number of halogens is 1. The molecule has 84 valence electrons. The molecule has 1 aromatic rings. The number of carbonyl (C=O) groups is 1. The van der Waals surface area contributed by atoms with Gasteiger partial charge in [0, 0.05) is 4.47 Å². The molecule has 1 amide bonds. The second kappa shape index (κ2) is 5.64. The van der Waals surface area contributed by atoms with E-state index in [0.29, 0.717) is 17.7 Å².